The van der Waals surface area contributed by atoms with Gasteiger partial charge in [-0.05, 0) is 64.2 Å². The Morgan fingerprint density at radius 2 is 2.00 bits per heavy atom. The van der Waals surface area contributed by atoms with Crippen LogP contribution in [0, 0.1) is 5.92 Å². The Hall–Kier alpha value is -1.56. The van der Waals surface area contributed by atoms with Gasteiger partial charge in [0.15, 0.2) is 6.29 Å². The van der Waals surface area contributed by atoms with Crippen molar-refractivity contribution in [3.8, 4) is 5.75 Å². The summed E-state index contributed by atoms with van der Waals surface area (Å²) in [7, 11) is 0. The number of carbonyl (C=O) groups excluding carboxylic acids is 2. The summed E-state index contributed by atoms with van der Waals surface area (Å²) in [6.07, 6.45) is 3.38. The van der Waals surface area contributed by atoms with Crippen LogP contribution in [0.2, 0.25) is 0 Å². The average Bonchev–Trinajstić information content (AvgIpc) is 2.54. The third kappa shape index (κ3) is 6.34. The fourth-order valence-electron chi connectivity index (χ4n) is 2.80. The highest BCUT2D eigenvalue weighted by atomic mass is 79.9. The first-order valence-corrected chi connectivity index (χ1v) is 9.43. The molecule has 0 aliphatic carbocycles. The number of rotatable bonds is 5. The van der Waals surface area contributed by atoms with Crippen molar-refractivity contribution in [3.63, 3.8) is 0 Å². The number of likely N-dealkylation sites (tertiary alicyclic amines) is 1. The molecule has 1 amide bonds. The van der Waals surface area contributed by atoms with Gasteiger partial charge in [-0.3, -0.25) is 4.79 Å². The molecule has 138 valence electrons. The molecule has 2 rings (SSSR count). The van der Waals surface area contributed by atoms with E-state index in [1.807, 2.05) is 32.9 Å². The van der Waals surface area contributed by atoms with Gasteiger partial charge in [0, 0.05) is 17.6 Å². The van der Waals surface area contributed by atoms with E-state index >= 15 is 0 Å². The van der Waals surface area contributed by atoms with E-state index in [2.05, 4.69) is 15.9 Å². The lowest BCUT2D eigenvalue weighted by molar-refractivity contribution is 0.0177. The van der Waals surface area contributed by atoms with Crippen molar-refractivity contribution in [2.75, 3.05) is 19.7 Å². The number of nitrogens with zero attached hydrogens (tertiary/aromatic N) is 1. The molecule has 5 nitrogen and oxygen atoms in total. The van der Waals surface area contributed by atoms with Crippen LogP contribution in [-0.2, 0) is 4.74 Å². The second-order valence-electron chi connectivity index (χ2n) is 7.35. The second kappa shape index (κ2) is 8.70. The first-order chi connectivity index (χ1) is 11.8. The smallest absolute Gasteiger partial charge is 0.410 e. The Morgan fingerprint density at radius 1 is 1.32 bits per heavy atom. The molecule has 0 unspecified atom stereocenters. The van der Waals surface area contributed by atoms with Crippen LogP contribution in [0.4, 0.5) is 4.79 Å². The number of benzene rings is 1. The molecule has 0 N–H and O–H groups in total. The van der Waals surface area contributed by atoms with Crippen LogP contribution in [-0.4, -0.2) is 42.6 Å². The Kier molecular flexibility index (Phi) is 6.87. The highest BCUT2D eigenvalue weighted by molar-refractivity contribution is 9.10. The molecular formula is C19H26BrNO4. The number of ether oxygens (including phenoxy) is 2. The minimum absolute atomic E-state index is 0.230. The molecule has 6 heteroatoms. The monoisotopic (exact) mass is 411 g/mol. The standard InChI is InChI=1S/C19H26BrNO4/c1-19(2,3)25-18(23)21-9-6-14(7-10-21)8-11-24-17-12-16(20)5-4-15(17)13-22/h4-5,12-14H,6-11H2,1-3H3. The highest BCUT2D eigenvalue weighted by Crippen LogP contribution is 2.25. The number of hydrogen-bond acceptors (Lipinski definition) is 4. The van der Waals surface area contributed by atoms with Gasteiger partial charge in [-0.1, -0.05) is 15.9 Å². The van der Waals surface area contributed by atoms with Crippen LogP contribution in [0.25, 0.3) is 0 Å². The van der Waals surface area contributed by atoms with Gasteiger partial charge in [-0.15, -0.1) is 0 Å². The number of halogens is 1. The zero-order valence-electron chi connectivity index (χ0n) is 15.1. The topological polar surface area (TPSA) is 55.8 Å². The molecular weight excluding hydrogens is 386 g/mol. The molecule has 1 heterocycles. The second-order valence-corrected chi connectivity index (χ2v) is 8.26. The molecule has 1 fully saturated rings. The lowest BCUT2D eigenvalue weighted by Crippen LogP contribution is -2.41. The van der Waals surface area contributed by atoms with Crippen LogP contribution < -0.4 is 4.74 Å². The third-order valence-corrected chi connectivity index (χ3v) is 4.65. The van der Waals surface area contributed by atoms with E-state index in [4.69, 9.17) is 9.47 Å². The fourth-order valence-corrected chi connectivity index (χ4v) is 3.14. The van der Waals surface area contributed by atoms with Gasteiger partial charge in [0.05, 0.1) is 12.2 Å². The predicted molar refractivity (Wildman–Crippen MR) is 100 cm³/mol. The van der Waals surface area contributed by atoms with Crippen molar-refractivity contribution in [2.24, 2.45) is 5.92 Å². The molecule has 0 spiro atoms. The first-order valence-electron chi connectivity index (χ1n) is 8.64. The van der Waals surface area contributed by atoms with E-state index in [0.717, 1.165) is 43.1 Å². The van der Waals surface area contributed by atoms with E-state index < -0.39 is 5.60 Å². The van der Waals surface area contributed by atoms with Gasteiger partial charge in [0.25, 0.3) is 0 Å². The fraction of sp³-hybridized carbons (Fsp3) is 0.579. The molecule has 0 atom stereocenters. The van der Waals surface area contributed by atoms with Crippen molar-refractivity contribution in [1.82, 2.24) is 4.90 Å². The quantitative estimate of drug-likeness (QED) is 0.660. The van der Waals surface area contributed by atoms with Gasteiger partial charge >= 0.3 is 6.09 Å². The van der Waals surface area contributed by atoms with Gasteiger partial charge in [0.2, 0.25) is 0 Å². The van der Waals surface area contributed by atoms with E-state index in [0.29, 0.717) is 23.8 Å². The van der Waals surface area contributed by atoms with E-state index in [-0.39, 0.29) is 6.09 Å². The van der Waals surface area contributed by atoms with Crippen molar-refractivity contribution < 1.29 is 19.1 Å². The van der Waals surface area contributed by atoms with Crippen LogP contribution in [0.5, 0.6) is 5.75 Å². The summed E-state index contributed by atoms with van der Waals surface area (Å²) in [6.45, 7) is 7.64. The number of piperidine rings is 1. The molecule has 1 aliphatic heterocycles. The van der Waals surface area contributed by atoms with Gasteiger partial charge < -0.3 is 14.4 Å². The average molecular weight is 412 g/mol. The lowest BCUT2D eigenvalue weighted by atomic mass is 9.94. The molecule has 0 radical (unpaired) electrons. The predicted octanol–water partition coefficient (Wildman–Crippen LogP) is 4.68. The highest BCUT2D eigenvalue weighted by Gasteiger charge is 2.26. The van der Waals surface area contributed by atoms with Crippen molar-refractivity contribution in [3.05, 3.63) is 28.2 Å². The summed E-state index contributed by atoms with van der Waals surface area (Å²) in [4.78, 5) is 24.9. The first kappa shape index (κ1) is 19.8. The zero-order valence-corrected chi connectivity index (χ0v) is 16.7. The number of carbonyl (C=O) groups is 2. The summed E-state index contributed by atoms with van der Waals surface area (Å²) in [5.74, 6) is 1.13. The maximum Gasteiger partial charge on any atom is 0.410 e. The van der Waals surface area contributed by atoms with Crippen molar-refractivity contribution in [2.45, 2.75) is 45.6 Å². The molecule has 1 aromatic rings. The maximum absolute atomic E-state index is 12.1. The Labute approximate surface area is 157 Å². The van der Waals surface area contributed by atoms with Crippen LogP contribution in [0.15, 0.2) is 22.7 Å². The van der Waals surface area contributed by atoms with Gasteiger partial charge in [-0.25, -0.2) is 4.79 Å². The Balaban J connectivity index is 1.75. The molecule has 1 aromatic carbocycles. The molecule has 0 saturated carbocycles. The normalized spacial score (nSPS) is 15.8. The van der Waals surface area contributed by atoms with Gasteiger partial charge in [-0.2, -0.15) is 0 Å². The third-order valence-electron chi connectivity index (χ3n) is 4.15. The molecule has 1 saturated heterocycles. The Bertz CT molecular complexity index is 604. The molecule has 1 aliphatic rings. The van der Waals surface area contributed by atoms with E-state index in [1.165, 1.54) is 0 Å². The minimum atomic E-state index is -0.456. The molecule has 0 bridgehead atoms. The van der Waals surface area contributed by atoms with Crippen LogP contribution >= 0.6 is 15.9 Å². The van der Waals surface area contributed by atoms with Crippen LogP contribution in [0.1, 0.15) is 50.4 Å². The number of amides is 1. The maximum atomic E-state index is 12.1. The summed E-state index contributed by atoms with van der Waals surface area (Å²) in [5, 5.41) is 0. The summed E-state index contributed by atoms with van der Waals surface area (Å²) in [5.41, 5.74) is 0.102. The number of hydrogen-bond donors (Lipinski definition) is 0. The molecule has 0 aromatic heterocycles. The zero-order chi connectivity index (χ0) is 18.4. The lowest BCUT2D eigenvalue weighted by Gasteiger charge is -2.33. The van der Waals surface area contributed by atoms with E-state index in [1.54, 1.807) is 11.0 Å². The SMILES string of the molecule is CC(C)(C)OC(=O)N1CCC(CCOc2cc(Br)ccc2C=O)CC1. The Morgan fingerprint density at radius 3 is 2.60 bits per heavy atom. The van der Waals surface area contributed by atoms with Gasteiger partial charge in [0.1, 0.15) is 11.4 Å². The minimum Gasteiger partial charge on any atom is -0.493 e. The van der Waals surface area contributed by atoms with Crippen molar-refractivity contribution in [1.29, 1.82) is 0 Å². The summed E-state index contributed by atoms with van der Waals surface area (Å²) < 4.78 is 12.1. The molecule has 25 heavy (non-hydrogen) atoms. The largest absolute Gasteiger partial charge is 0.493 e. The van der Waals surface area contributed by atoms with Crippen molar-refractivity contribution >= 4 is 28.3 Å². The van der Waals surface area contributed by atoms with E-state index in [9.17, 15) is 9.59 Å². The summed E-state index contributed by atoms with van der Waals surface area (Å²) >= 11 is 3.39. The number of aldehydes is 1. The summed E-state index contributed by atoms with van der Waals surface area (Å²) in [6, 6.07) is 5.38. The van der Waals surface area contributed by atoms with Crippen LogP contribution in [0.3, 0.4) is 0 Å².